The highest BCUT2D eigenvalue weighted by atomic mass is 16.5. The van der Waals surface area contributed by atoms with Crippen LogP contribution in [0.25, 0.3) is 0 Å². The van der Waals surface area contributed by atoms with Gasteiger partial charge in [0.05, 0.1) is 38.0 Å². The Morgan fingerprint density at radius 3 is 1.24 bits per heavy atom. The second-order valence-electron chi connectivity index (χ2n) is 4.47. The molecule has 0 saturated heterocycles. The molecule has 1 aromatic carbocycles. The monoisotopic (exact) mass is 294 g/mol. The third kappa shape index (κ3) is 2.74. The summed E-state index contributed by atoms with van der Waals surface area (Å²) in [4.78, 5) is 35.9. The van der Waals surface area contributed by atoms with E-state index in [0.717, 1.165) is 0 Å². The lowest BCUT2D eigenvalue weighted by Crippen LogP contribution is -2.20. The van der Waals surface area contributed by atoms with Gasteiger partial charge in [-0.2, -0.15) is 0 Å². The Kier molecular flexibility index (Phi) is 5.07. The van der Waals surface area contributed by atoms with Crippen molar-refractivity contribution < 1.29 is 28.6 Å². The Morgan fingerprint density at radius 2 is 0.857 bits per heavy atom. The van der Waals surface area contributed by atoms with Gasteiger partial charge in [-0.15, -0.1) is 0 Å². The minimum absolute atomic E-state index is 0.0212. The number of hydrogen-bond acceptors (Lipinski definition) is 6. The van der Waals surface area contributed by atoms with Crippen LogP contribution in [0.2, 0.25) is 0 Å². The zero-order valence-corrected chi connectivity index (χ0v) is 12.9. The Balaban J connectivity index is 3.88. The van der Waals surface area contributed by atoms with Crippen molar-refractivity contribution in [2.45, 2.75) is 20.8 Å². The molecule has 0 unspecified atom stereocenters. The van der Waals surface area contributed by atoms with Crippen LogP contribution < -0.4 is 0 Å². The van der Waals surface area contributed by atoms with Crippen molar-refractivity contribution in [1.82, 2.24) is 0 Å². The Morgan fingerprint density at radius 1 is 0.571 bits per heavy atom. The van der Waals surface area contributed by atoms with Crippen molar-refractivity contribution in [2.75, 3.05) is 21.3 Å². The number of hydrogen-bond donors (Lipinski definition) is 0. The first-order valence-corrected chi connectivity index (χ1v) is 6.20. The molecule has 1 aromatic rings. The molecule has 0 aliphatic rings. The number of benzene rings is 1. The van der Waals surface area contributed by atoms with Crippen molar-refractivity contribution >= 4 is 17.9 Å². The zero-order valence-electron chi connectivity index (χ0n) is 12.9. The first-order valence-electron chi connectivity index (χ1n) is 6.20. The molecule has 0 fully saturated rings. The van der Waals surface area contributed by atoms with E-state index in [4.69, 9.17) is 14.2 Å². The highest BCUT2D eigenvalue weighted by Crippen LogP contribution is 2.29. The van der Waals surface area contributed by atoms with Gasteiger partial charge in [-0.3, -0.25) is 0 Å². The van der Waals surface area contributed by atoms with Gasteiger partial charge in [-0.25, -0.2) is 14.4 Å². The zero-order chi connectivity index (χ0) is 16.3. The second-order valence-corrected chi connectivity index (χ2v) is 4.47. The number of carbonyl (C=O) groups is 3. The fraction of sp³-hybridized carbons (Fsp3) is 0.400. The summed E-state index contributed by atoms with van der Waals surface area (Å²) in [6, 6.07) is 0. The quantitative estimate of drug-likeness (QED) is 0.626. The third-order valence-corrected chi connectivity index (χ3v) is 3.48. The van der Waals surface area contributed by atoms with E-state index in [0.29, 0.717) is 16.7 Å². The van der Waals surface area contributed by atoms with E-state index in [1.54, 1.807) is 20.8 Å². The lowest BCUT2D eigenvalue weighted by atomic mass is 9.88. The van der Waals surface area contributed by atoms with Gasteiger partial charge in [0.1, 0.15) is 0 Å². The van der Waals surface area contributed by atoms with Gasteiger partial charge in [-0.1, -0.05) is 0 Å². The maximum absolute atomic E-state index is 12.0. The summed E-state index contributed by atoms with van der Waals surface area (Å²) >= 11 is 0. The molecule has 0 heterocycles. The number of ether oxygens (including phenoxy) is 3. The average Bonchev–Trinajstić information content (AvgIpc) is 2.48. The molecule has 0 aliphatic heterocycles. The van der Waals surface area contributed by atoms with Crippen LogP contribution in [0.4, 0.5) is 0 Å². The van der Waals surface area contributed by atoms with Crippen molar-refractivity contribution in [2.24, 2.45) is 0 Å². The minimum Gasteiger partial charge on any atom is -0.465 e. The molecule has 6 heteroatoms. The van der Waals surface area contributed by atoms with E-state index in [1.165, 1.54) is 21.3 Å². The van der Waals surface area contributed by atoms with Crippen LogP contribution in [0.1, 0.15) is 47.8 Å². The smallest absolute Gasteiger partial charge is 0.339 e. The Hall–Kier alpha value is -2.37. The molecular formula is C15H18O6. The number of rotatable bonds is 3. The lowest BCUT2D eigenvalue weighted by Gasteiger charge is -2.18. The summed E-state index contributed by atoms with van der Waals surface area (Å²) in [5, 5.41) is 0. The van der Waals surface area contributed by atoms with Gasteiger partial charge in [0.15, 0.2) is 0 Å². The first kappa shape index (κ1) is 16.7. The summed E-state index contributed by atoms with van der Waals surface area (Å²) in [6.07, 6.45) is 0. The summed E-state index contributed by atoms with van der Waals surface area (Å²) < 4.78 is 14.2. The Labute approximate surface area is 123 Å². The number of esters is 3. The molecule has 6 nitrogen and oxygen atoms in total. The Bertz CT molecular complexity index is 615. The van der Waals surface area contributed by atoms with Gasteiger partial charge in [0.2, 0.25) is 0 Å². The molecule has 0 N–H and O–H groups in total. The van der Waals surface area contributed by atoms with E-state index in [1.807, 2.05) is 0 Å². The van der Waals surface area contributed by atoms with Crippen LogP contribution in [-0.2, 0) is 14.2 Å². The molecule has 0 amide bonds. The molecule has 0 radical (unpaired) electrons. The highest BCUT2D eigenvalue weighted by molar-refractivity contribution is 6.08. The topological polar surface area (TPSA) is 78.9 Å². The van der Waals surface area contributed by atoms with Crippen LogP contribution in [0.3, 0.4) is 0 Å². The van der Waals surface area contributed by atoms with Crippen molar-refractivity contribution in [3.63, 3.8) is 0 Å². The molecule has 0 aliphatic carbocycles. The standard InChI is InChI=1S/C15H18O6/c1-7-8(2)11(14(17)20-5)12(15(18)21-6)9(3)10(7)13(16)19-4/h1-6H3. The van der Waals surface area contributed by atoms with E-state index in [9.17, 15) is 14.4 Å². The molecular weight excluding hydrogens is 276 g/mol. The molecule has 114 valence electrons. The SMILES string of the molecule is COC(=O)c1c(C)c(C)c(C(=O)OC)c(C(=O)OC)c1C. The molecule has 0 saturated carbocycles. The molecule has 1 rings (SSSR count). The van der Waals surface area contributed by atoms with Gasteiger partial charge in [0.25, 0.3) is 0 Å². The fourth-order valence-electron chi connectivity index (χ4n) is 2.28. The van der Waals surface area contributed by atoms with Crippen LogP contribution in [-0.4, -0.2) is 39.2 Å². The number of methoxy groups -OCH3 is 3. The number of carbonyl (C=O) groups excluding carboxylic acids is 3. The largest absolute Gasteiger partial charge is 0.465 e. The van der Waals surface area contributed by atoms with E-state index in [-0.39, 0.29) is 16.7 Å². The normalized spacial score (nSPS) is 10.0. The summed E-state index contributed by atoms with van der Waals surface area (Å²) in [6.45, 7) is 4.89. The van der Waals surface area contributed by atoms with Crippen molar-refractivity contribution in [3.05, 3.63) is 33.4 Å². The van der Waals surface area contributed by atoms with E-state index in [2.05, 4.69) is 0 Å². The molecule has 0 spiro atoms. The first-order chi connectivity index (χ1) is 9.81. The van der Waals surface area contributed by atoms with E-state index >= 15 is 0 Å². The second kappa shape index (κ2) is 6.39. The van der Waals surface area contributed by atoms with Crippen LogP contribution in [0.15, 0.2) is 0 Å². The van der Waals surface area contributed by atoms with Crippen molar-refractivity contribution in [1.29, 1.82) is 0 Å². The van der Waals surface area contributed by atoms with Gasteiger partial charge in [0, 0.05) is 0 Å². The van der Waals surface area contributed by atoms with Crippen LogP contribution in [0, 0.1) is 20.8 Å². The van der Waals surface area contributed by atoms with Crippen LogP contribution in [0.5, 0.6) is 0 Å². The lowest BCUT2D eigenvalue weighted by molar-refractivity contribution is 0.0550. The maximum Gasteiger partial charge on any atom is 0.339 e. The predicted molar refractivity (Wildman–Crippen MR) is 74.7 cm³/mol. The summed E-state index contributed by atoms with van der Waals surface area (Å²) in [7, 11) is 3.68. The van der Waals surface area contributed by atoms with Gasteiger partial charge >= 0.3 is 17.9 Å². The molecule has 21 heavy (non-hydrogen) atoms. The van der Waals surface area contributed by atoms with Gasteiger partial charge in [-0.05, 0) is 37.5 Å². The average molecular weight is 294 g/mol. The summed E-state index contributed by atoms with van der Waals surface area (Å²) in [5.74, 6) is -1.94. The maximum atomic E-state index is 12.0. The predicted octanol–water partition coefficient (Wildman–Crippen LogP) is 1.97. The fourth-order valence-corrected chi connectivity index (χ4v) is 2.28. The minimum atomic E-state index is -0.707. The third-order valence-electron chi connectivity index (χ3n) is 3.48. The molecule has 0 aromatic heterocycles. The van der Waals surface area contributed by atoms with Gasteiger partial charge < -0.3 is 14.2 Å². The van der Waals surface area contributed by atoms with Crippen molar-refractivity contribution in [3.8, 4) is 0 Å². The van der Waals surface area contributed by atoms with Crippen LogP contribution >= 0.6 is 0 Å². The molecule has 0 atom stereocenters. The van der Waals surface area contributed by atoms with E-state index < -0.39 is 17.9 Å². The summed E-state index contributed by atoms with van der Waals surface area (Å²) in [5.41, 5.74) is 1.75. The molecule has 0 bridgehead atoms. The highest BCUT2D eigenvalue weighted by Gasteiger charge is 2.29.